The molecule has 1 aliphatic rings. The number of hydrogen-bond acceptors (Lipinski definition) is 5. The number of nitrogens with zero attached hydrogens (tertiary/aromatic N) is 2. The summed E-state index contributed by atoms with van der Waals surface area (Å²) in [5.74, 6) is -0.175. The minimum atomic E-state index is -0.617. The third-order valence-corrected chi connectivity index (χ3v) is 4.96. The first-order valence-corrected chi connectivity index (χ1v) is 8.83. The van der Waals surface area contributed by atoms with Crippen LogP contribution in [0.2, 0.25) is 0 Å². The van der Waals surface area contributed by atoms with E-state index in [2.05, 4.69) is 6.58 Å². The van der Waals surface area contributed by atoms with E-state index in [0.717, 1.165) is 11.8 Å². The van der Waals surface area contributed by atoms with E-state index < -0.39 is 12.1 Å². The lowest BCUT2D eigenvalue weighted by Crippen LogP contribution is -2.45. The van der Waals surface area contributed by atoms with Gasteiger partial charge < -0.3 is 9.64 Å². The predicted molar refractivity (Wildman–Crippen MR) is 97.5 cm³/mol. The highest BCUT2D eigenvalue weighted by atomic mass is 32.2. The van der Waals surface area contributed by atoms with Crippen LogP contribution in [0.5, 0.6) is 0 Å². The lowest BCUT2D eigenvalue weighted by Gasteiger charge is -2.25. The van der Waals surface area contributed by atoms with Crippen molar-refractivity contribution in [2.24, 2.45) is 0 Å². The molecule has 6 nitrogen and oxygen atoms in total. The zero-order valence-electron chi connectivity index (χ0n) is 14.4. The van der Waals surface area contributed by atoms with E-state index in [1.54, 1.807) is 38.4 Å². The fourth-order valence-electron chi connectivity index (χ4n) is 2.62. The van der Waals surface area contributed by atoms with E-state index in [-0.39, 0.29) is 22.9 Å². The standard InChI is InChI=1S/C18H22N2O4S/c1-4-10-24-18(23)20-12-14(11-15(20)16(21)19(2)3)25-17(22)13-8-6-5-7-9-13/h4-9,14-15H,1,10-12H2,2-3H3/t14-,15-/m0/s1. The molecule has 1 aromatic carbocycles. The molecule has 1 heterocycles. The number of rotatable bonds is 5. The fraction of sp³-hybridized carbons (Fsp3) is 0.389. The Labute approximate surface area is 151 Å². The van der Waals surface area contributed by atoms with Gasteiger partial charge in [0.2, 0.25) is 11.0 Å². The number of carbonyl (C=O) groups excluding carboxylic acids is 3. The quantitative estimate of drug-likeness (QED) is 0.753. The van der Waals surface area contributed by atoms with Gasteiger partial charge in [-0.15, -0.1) is 0 Å². The second-order valence-electron chi connectivity index (χ2n) is 5.90. The Hall–Kier alpha value is -2.28. The van der Waals surface area contributed by atoms with Gasteiger partial charge in [0.15, 0.2) is 0 Å². The van der Waals surface area contributed by atoms with Crippen molar-refractivity contribution < 1.29 is 19.1 Å². The van der Waals surface area contributed by atoms with E-state index in [1.807, 2.05) is 6.07 Å². The second kappa shape index (κ2) is 8.71. The SMILES string of the molecule is C=CCOC(=O)N1C[C@@H](SC(=O)c2ccccc2)C[C@H]1C(=O)N(C)C. The van der Waals surface area contributed by atoms with Gasteiger partial charge >= 0.3 is 6.09 Å². The van der Waals surface area contributed by atoms with Gasteiger partial charge in [-0.25, -0.2) is 4.79 Å². The van der Waals surface area contributed by atoms with Gasteiger partial charge in [0.25, 0.3) is 0 Å². The molecule has 2 atom stereocenters. The Bertz CT molecular complexity index is 648. The largest absolute Gasteiger partial charge is 0.445 e. The highest BCUT2D eigenvalue weighted by molar-refractivity contribution is 8.14. The summed E-state index contributed by atoms with van der Waals surface area (Å²) < 4.78 is 5.08. The maximum absolute atomic E-state index is 12.4. The Kier molecular flexibility index (Phi) is 6.64. The first-order valence-electron chi connectivity index (χ1n) is 7.95. The number of likely N-dealkylation sites (N-methyl/N-ethyl adjacent to an activating group) is 1. The van der Waals surface area contributed by atoms with Crippen LogP contribution in [-0.2, 0) is 9.53 Å². The lowest BCUT2D eigenvalue weighted by atomic mass is 10.2. The van der Waals surface area contributed by atoms with E-state index in [0.29, 0.717) is 18.5 Å². The van der Waals surface area contributed by atoms with Crippen molar-refractivity contribution in [2.45, 2.75) is 17.7 Å². The highest BCUT2D eigenvalue weighted by Crippen LogP contribution is 2.31. The van der Waals surface area contributed by atoms with Crippen molar-refractivity contribution >= 4 is 28.9 Å². The molecule has 0 unspecified atom stereocenters. The van der Waals surface area contributed by atoms with Gasteiger partial charge in [0.05, 0.1) is 0 Å². The first-order chi connectivity index (χ1) is 11.9. The summed E-state index contributed by atoms with van der Waals surface area (Å²) in [7, 11) is 3.29. The molecule has 0 aromatic heterocycles. The van der Waals surface area contributed by atoms with E-state index in [1.165, 1.54) is 15.9 Å². The van der Waals surface area contributed by atoms with Crippen LogP contribution >= 0.6 is 11.8 Å². The zero-order chi connectivity index (χ0) is 18.4. The molecule has 2 amide bonds. The normalized spacial score (nSPS) is 19.4. The lowest BCUT2D eigenvalue weighted by molar-refractivity contribution is -0.132. The van der Waals surface area contributed by atoms with Crippen LogP contribution in [0.4, 0.5) is 4.79 Å². The van der Waals surface area contributed by atoms with Crippen LogP contribution in [0.25, 0.3) is 0 Å². The van der Waals surface area contributed by atoms with Gasteiger partial charge in [-0.2, -0.15) is 0 Å². The van der Waals surface area contributed by atoms with E-state index in [4.69, 9.17) is 4.74 Å². The van der Waals surface area contributed by atoms with Crippen molar-refractivity contribution in [1.82, 2.24) is 9.80 Å². The third-order valence-electron chi connectivity index (χ3n) is 3.83. The van der Waals surface area contributed by atoms with Crippen molar-refractivity contribution in [3.63, 3.8) is 0 Å². The third kappa shape index (κ3) is 4.85. The average molecular weight is 362 g/mol. The van der Waals surface area contributed by atoms with Gasteiger partial charge in [-0.05, 0) is 6.42 Å². The molecule has 1 saturated heterocycles. The summed E-state index contributed by atoms with van der Waals surface area (Å²) in [6.45, 7) is 3.89. The number of amides is 2. The van der Waals surface area contributed by atoms with Crippen LogP contribution in [0.3, 0.4) is 0 Å². The molecule has 1 aliphatic heterocycles. The molecule has 7 heteroatoms. The maximum Gasteiger partial charge on any atom is 0.410 e. The van der Waals surface area contributed by atoms with Crippen LogP contribution < -0.4 is 0 Å². The van der Waals surface area contributed by atoms with Crippen molar-refractivity contribution in [2.75, 3.05) is 27.2 Å². The Morgan fingerprint density at radius 1 is 1.32 bits per heavy atom. The van der Waals surface area contributed by atoms with Crippen LogP contribution in [-0.4, -0.2) is 65.5 Å². The Balaban J connectivity index is 2.08. The number of likely N-dealkylation sites (tertiary alicyclic amines) is 1. The molecule has 0 aliphatic carbocycles. The number of carbonyl (C=O) groups is 3. The van der Waals surface area contributed by atoms with Crippen molar-refractivity contribution in [3.8, 4) is 0 Å². The highest BCUT2D eigenvalue weighted by Gasteiger charge is 2.42. The molecule has 25 heavy (non-hydrogen) atoms. The smallest absolute Gasteiger partial charge is 0.410 e. The summed E-state index contributed by atoms with van der Waals surface area (Å²) in [5, 5.41) is -0.221. The second-order valence-corrected chi connectivity index (χ2v) is 7.17. The topological polar surface area (TPSA) is 66.9 Å². The van der Waals surface area contributed by atoms with E-state index >= 15 is 0 Å². The number of hydrogen-bond donors (Lipinski definition) is 0. The van der Waals surface area contributed by atoms with Crippen molar-refractivity contribution in [1.29, 1.82) is 0 Å². The summed E-state index contributed by atoms with van der Waals surface area (Å²) in [6, 6.07) is 8.35. The van der Waals surface area contributed by atoms with Gasteiger partial charge in [0, 0.05) is 31.5 Å². The van der Waals surface area contributed by atoms with Gasteiger partial charge in [0.1, 0.15) is 12.6 Å². The van der Waals surface area contributed by atoms with Crippen molar-refractivity contribution in [3.05, 3.63) is 48.6 Å². The average Bonchev–Trinajstić information content (AvgIpc) is 3.03. The minimum Gasteiger partial charge on any atom is -0.445 e. The number of thioether (sulfide) groups is 1. The maximum atomic E-state index is 12.4. The molecular formula is C18H22N2O4S. The zero-order valence-corrected chi connectivity index (χ0v) is 15.2. The molecule has 0 saturated carbocycles. The van der Waals surface area contributed by atoms with Gasteiger partial charge in [-0.3, -0.25) is 14.5 Å². The Morgan fingerprint density at radius 3 is 2.60 bits per heavy atom. The summed E-state index contributed by atoms with van der Waals surface area (Å²) in [5.41, 5.74) is 0.607. The van der Waals surface area contributed by atoms with Crippen LogP contribution in [0, 0.1) is 0 Å². The number of ether oxygens (including phenoxy) is 1. The molecule has 1 fully saturated rings. The molecule has 0 N–H and O–H groups in total. The number of benzene rings is 1. The first kappa shape index (κ1) is 19.1. The summed E-state index contributed by atoms with van der Waals surface area (Å²) in [4.78, 5) is 39.9. The predicted octanol–water partition coefficient (Wildman–Crippen LogP) is 2.41. The van der Waals surface area contributed by atoms with Gasteiger partial charge in [-0.1, -0.05) is 54.7 Å². The summed E-state index contributed by atoms with van der Waals surface area (Å²) in [6.07, 6.45) is 1.33. The molecule has 1 aromatic rings. The molecule has 2 rings (SSSR count). The molecular weight excluding hydrogens is 340 g/mol. The monoisotopic (exact) mass is 362 g/mol. The van der Waals surface area contributed by atoms with E-state index in [9.17, 15) is 14.4 Å². The molecule has 0 bridgehead atoms. The minimum absolute atomic E-state index is 0.0667. The molecule has 0 radical (unpaired) electrons. The fourth-order valence-corrected chi connectivity index (χ4v) is 3.71. The van der Waals surface area contributed by atoms with Crippen LogP contribution in [0.1, 0.15) is 16.8 Å². The molecule has 0 spiro atoms. The molecule has 134 valence electrons. The van der Waals surface area contributed by atoms with Crippen LogP contribution in [0.15, 0.2) is 43.0 Å². The Morgan fingerprint density at radius 2 is 2.00 bits per heavy atom. The summed E-state index contributed by atoms with van der Waals surface area (Å²) >= 11 is 1.16.